The molecule has 2 aromatic carbocycles. The summed E-state index contributed by atoms with van der Waals surface area (Å²) in [6.45, 7) is 0.898. The predicted octanol–water partition coefficient (Wildman–Crippen LogP) is 3.88. The first-order chi connectivity index (χ1) is 13.6. The summed E-state index contributed by atoms with van der Waals surface area (Å²) >= 11 is 0. The first kappa shape index (κ1) is 18.0. The lowest BCUT2D eigenvalue weighted by molar-refractivity contribution is 0.102. The summed E-state index contributed by atoms with van der Waals surface area (Å²) in [6.07, 6.45) is 2.15. The fraction of sp³-hybridized carbons (Fsp3) is 0.227. The van der Waals surface area contributed by atoms with Gasteiger partial charge in [0.1, 0.15) is 0 Å². The van der Waals surface area contributed by atoms with Gasteiger partial charge in [-0.1, -0.05) is 18.2 Å². The lowest BCUT2D eigenvalue weighted by Crippen LogP contribution is -2.26. The molecule has 1 aliphatic rings. The summed E-state index contributed by atoms with van der Waals surface area (Å²) in [5, 5.41) is 11.3. The number of benzene rings is 2. The smallest absolute Gasteiger partial charge is 0.276 e. The van der Waals surface area contributed by atoms with Crippen molar-refractivity contribution in [1.82, 2.24) is 10.2 Å². The van der Waals surface area contributed by atoms with Gasteiger partial charge in [0.05, 0.1) is 0 Å². The van der Waals surface area contributed by atoms with Crippen LogP contribution >= 0.6 is 0 Å². The van der Waals surface area contributed by atoms with E-state index in [9.17, 15) is 4.79 Å². The van der Waals surface area contributed by atoms with E-state index in [2.05, 4.69) is 38.6 Å². The number of anilines is 4. The molecule has 0 aliphatic carbocycles. The monoisotopic (exact) mass is 373 g/mol. The van der Waals surface area contributed by atoms with E-state index in [0.29, 0.717) is 5.69 Å². The molecule has 0 spiro atoms. The normalized spacial score (nSPS) is 13.0. The van der Waals surface area contributed by atoms with Crippen molar-refractivity contribution in [2.75, 3.05) is 35.8 Å². The highest BCUT2D eigenvalue weighted by Gasteiger charge is 2.19. The Kier molecular flexibility index (Phi) is 4.93. The topological polar surface area (TPSA) is 61.4 Å². The Balaban J connectivity index is 1.48. The molecule has 0 fully saturated rings. The molecular formula is C22H23N5O. The Hall–Kier alpha value is -3.41. The number of aryl methyl sites for hydroxylation is 1. The van der Waals surface area contributed by atoms with Crippen LogP contribution < -0.4 is 15.1 Å². The summed E-state index contributed by atoms with van der Waals surface area (Å²) in [5.41, 5.74) is 4.58. The molecule has 0 saturated carbocycles. The van der Waals surface area contributed by atoms with E-state index >= 15 is 0 Å². The van der Waals surface area contributed by atoms with Crippen LogP contribution in [0.25, 0.3) is 0 Å². The molecule has 1 aliphatic heterocycles. The molecule has 0 bridgehead atoms. The molecule has 6 heteroatoms. The second-order valence-electron chi connectivity index (χ2n) is 7.06. The van der Waals surface area contributed by atoms with Crippen molar-refractivity contribution in [3.63, 3.8) is 0 Å². The minimum absolute atomic E-state index is 0.268. The van der Waals surface area contributed by atoms with E-state index in [1.165, 1.54) is 11.3 Å². The number of hydrogen-bond acceptors (Lipinski definition) is 5. The molecule has 4 rings (SSSR count). The number of nitrogens with zero attached hydrogens (tertiary/aromatic N) is 4. The van der Waals surface area contributed by atoms with Crippen LogP contribution in [0.15, 0.2) is 60.7 Å². The first-order valence-electron chi connectivity index (χ1n) is 9.40. The van der Waals surface area contributed by atoms with Crippen molar-refractivity contribution in [2.45, 2.75) is 12.8 Å². The molecule has 28 heavy (non-hydrogen) atoms. The Morgan fingerprint density at radius 2 is 1.79 bits per heavy atom. The Morgan fingerprint density at radius 3 is 2.50 bits per heavy atom. The molecule has 0 radical (unpaired) electrons. The molecule has 3 aromatic rings. The molecule has 1 amide bonds. The molecule has 0 atom stereocenters. The van der Waals surface area contributed by atoms with Crippen LogP contribution in [0.4, 0.5) is 22.9 Å². The van der Waals surface area contributed by atoms with Gasteiger partial charge in [0.2, 0.25) is 0 Å². The Labute approximate surface area is 164 Å². The highest BCUT2D eigenvalue weighted by molar-refractivity contribution is 6.02. The average Bonchev–Trinajstić information content (AvgIpc) is 2.74. The Morgan fingerprint density at radius 1 is 1.00 bits per heavy atom. The third-order valence-corrected chi connectivity index (χ3v) is 4.91. The van der Waals surface area contributed by atoms with Gasteiger partial charge in [0.25, 0.3) is 5.91 Å². The summed E-state index contributed by atoms with van der Waals surface area (Å²) in [5.74, 6) is 0.495. The van der Waals surface area contributed by atoms with Crippen LogP contribution in [0.1, 0.15) is 22.5 Å². The van der Waals surface area contributed by atoms with E-state index in [4.69, 9.17) is 0 Å². The predicted molar refractivity (Wildman–Crippen MR) is 113 cm³/mol. The summed E-state index contributed by atoms with van der Waals surface area (Å²) < 4.78 is 0. The number of carbonyl (C=O) groups is 1. The van der Waals surface area contributed by atoms with Gasteiger partial charge in [0.15, 0.2) is 11.5 Å². The zero-order chi connectivity index (χ0) is 19.5. The maximum Gasteiger partial charge on any atom is 0.276 e. The van der Waals surface area contributed by atoms with Gasteiger partial charge in [-0.15, -0.1) is 10.2 Å². The molecule has 2 heterocycles. The van der Waals surface area contributed by atoms with E-state index < -0.39 is 0 Å². The SMILES string of the molecule is CN(C)c1ccc(NC(=O)c2ccc(N3CCCc4ccccc43)nn2)cc1. The number of fused-ring (bicyclic) bond motifs is 1. The zero-order valence-electron chi connectivity index (χ0n) is 16.1. The number of nitrogens with one attached hydrogen (secondary N) is 1. The maximum atomic E-state index is 12.5. The van der Waals surface area contributed by atoms with Gasteiger partial charge in [-0.05, 0) is 60.9 Å². The van der Waals surface area contributed by atoms with E-state index in [1.807, 2.05) is 55.4 Å². The van der Waals surface area contributed by atoms with Gasteiger partial charge in [-0.3, -0.25) is 4.79 Å². The summed E-state index contributed by atoms with van der Waals surface area (Å²) in [7, 11) is 3.96. The van der Waals surface area contributed by atoms with Crippen molar-refractivity contribution in [3.05, 3.63) is 71.9 Å². The molecule has 1 N–H and O–H groups in total. The zero-order valence-corrected chi connectivity index (χ0v) is 16.1. The molecule has 142 valence electrons. The number of aromatic nitrogens is 2. The van der Waals surface area contributed by atoms with Gasteiger partial charge in [-0.25, -0.2) is 0 Å². The van der Waals surface area contributed by atoms with Crippen LogP contribution in [0.3, 0.4) is 0 Å². The standard InChI is InChI=1S/C22H23N5O/c1-26(2)18-11-9-17(10-12-18)23-22(28)19-13-14-21(25-24-19)27-15-5-7-16-6-3-4-8-20(16)27/h3-4,6,8-14H,5,7,15H2,1-2H3,(H,23,28). The van der Waals surface area contributed by atoms with Crippen LogP contribution in [-0.2, 0) is 6.42 Å². The minimum Gasteiger partial charge on any atom is -0.378 e. The number of carbonyl (C=O) groups excluding carboxylic acids is 1. The lowest BCUT2D eigenvalue weighted by Gasteiger charge is -2.29. The number of hydrogen-bond donors (Lipinski definition) is 1. The highest BCUT2D eigenvalue weighted by atomic mass is 16.1. The number of amides is 1. The van der Waals surface area contributed by atoms with Crippen LogP contribution in [0.2, 0.25) is 0 Å². The molecule has 0 saturated heterocycles. The maximum absolute atomic E-state index is 12.5. The highest BCUT2D eigenvalue weighted by Crippen LogP contribution is 2.31. The Bertz CT molecular complexity index is 967. The fourth-order valence-electron chi connectivity index (χ4n) is 3.40. The third kappa shape index (κ3) is 3.67. The fourth-order valence-corrected chi connectivity index (χ4v) is 3.40. The van der Waals surface area contributed by atoms with Crippen molar-refractivity contribution in [2.24, 2.45) is 0 Å². The third-order valence-electron chi connectivity index (χ3n) is 4.91. The van der Waals surface area contributed by atoms with E-state index in [1.54, 1.807) is 6.07 Å². The first-order valence-corrected chi connectivity index (χ1v) is 9.40. The number of para-hydroxylation sites is 1. The summed E-state index contributed by atoms with van der Waals surface area (Å²) in [6, 6.07) is 19.6. The van der Waals surface area contributed by atoms with Crippen molar-refractivity contribution in [1.29, 1.82) is 0 Å². The van der Waals surface area contributed by atoms with Gasteiger partial charge >= 0.3 is 0 Å². The minimum atomic E-state index is -0.268. The van der Waals surface area contributed by atoms with Crippen molar-refractivity contribution in [3.8, 4) is 0 Å². The average molecular weight is 373 g/mol. The number of rotatable bonds is 4. The quantitative estimate of drug-likeness (QED) is 0.752. The van der Waals surface area contributed by atoms with Gasteiger partial charge in [0, 0.05) is 37.7 Å². The second kappa shape index (κ2) is 7.68. The van der Waals surface area contributed by atoms with E-state index in [-0.39, 0.29) is 5.91 Å². The van der Waals surface area contributed by atoms with Crippen LogP contribution in [0.5, 0.6) is 0 Å². The van der Waals surface area contributed by atoms with Gasteiger partial charge < -0.3 is 15.1 Å². The van der Waals surface area contributed by atoms with Crippen molar-refractivity contribution < 1.29 is 4.79 Å². The van der Waals surface area contributed by atoms with E-state index in [0.717, 1.165) is 36.6 Å². The van der Waals surface area contributed by atoms with Crippen molar-refractivity contribution >= 4 is 28.8 Å². The van der Waals surface area contributed by atoms with Gasteiger partial charge in [-0.2, -0.15) is 0 Å². The lowest BCUT2D eigenvalue weighted by atomic mass is 10.0. The second-order valence-corrected chi connectivity index (χ2v) is 7.06. The largest absolute Gasteiger partial charge is 0.378 e. The van der Waals surface area contributed by atoms with Crippen LogP contribution in [-0.4, -0.2) is 36.7 Å². The molecule has 6 nitrogen and oxygen atoms in total. The molecule has 1 aromatic heterocycles. The summed E-state index contributed by atoms with van der Waals surface area (Å²) in [4.78, 5) is 16.6. The molecular weight excluding hydrogens is 350 g/mol. The molecule has 0 unspecified atom stereocenters. The van der Waals surface area contributed by atoms with Crippen LogP contribution in [0, 0.1) is 0 Å².